The van der Waals surface area contributed by atoms with Crippen molar-refractivity contribution in [3.63, 3.8) is 0 Å². The van der Waals surface area contributed by atoms with E-state index >= 15 is 0 Å². The Kier molecular flexibility index (Phi) is 4.13. The van der Waals surface area contributed by atoms with Crippen LogP contribution in [0.5, 0.6) is 0 Å². The summed E-state index contributed by atoms with van der Waals surface area (Å²) in [6, 6.07) is 0.221. The average molecular weight is 424 g/mol. The summed E-state index contributed by atoms with van der Waals surface area (Å²) in [5.74, 6) is 2.17. The molecule has 2 aromatic rings. The summed E-state index contributed by atoms with van der Waals surface area (Å²) >= 11 is 0. The van der Waals surface area contributed by atoms with Gasteiger partial charge < -0.3 is 30.3 Å². The Balaban J connectivity index is 1.41. The molecule has 0 aromatic carbocycles. The minimum atomic E-state index is -0.828. The predicted octanol–water partition coefficient (Wildman–Crippen LogP) is 0.466. The molecule has 5 aliphatic rings. The van der Waals surface area contributed by atoms with Gasteiger partial charge in [-0.25, -0.2) is 19.7 Å². The van der Waals surface area contributed by atoms with Crippen LogP contribution in [0.15, 0.2) is 12.4 Å². The number of aromatic nitrogens is 4. The molecule has 3 atom stereocenters. The van der Waals surface area contributed by atoms with Gasteiger partial charge in [-0.3, -0.25) is 0 Å². The van der Waals surface area contributed by atoms with Crippen LogP contribution >= 0.6 is 0 Å². The number of hydrogen-bond donors (Lipinski definition) is 2. The van der Waals surface area contributed by atoms with Crippen molar-refractivity contribution in [2.24, 2.45) is 5.92 Å². The number of nitrogens with two attached hydrogens (primary N) is 1. The Morgan fingerprint density at radius 1 is 1.16 bits per heavy atom. The zero-order chi connectivity index (χ0) is 21.1. The third-order valence-electron chi connectivity index (χ3n) is 6.95. The summed E-state index contributed by atoms with van der Waals surface area (Å²) in [6.45, 7) is 4.17. The molecule has 11 heteroatoms. The zero-order valence-corrected chi connectivity index (χ0v) is 17.0. The van der Waals surface area contributed by atoms with Crippen molar-refractivity contribution in [1.82, 2.24) is 24.8 Å². The fourth-order valence-corrected chi connectivity index (χ4v) is 5.43. The Labute approximate surface area is 178 Å². The number of anilines is 3. The van der Waals surface area contributed by atoms with Crippen LogP contribution in [0.4, 0.5) is 22.5 Å². The molecule has 7 rings (SSSR count). The molecule has 0 radical (unpaired) electrons. The van der Waals surface area contributed by atoms with Crippen molar-refractivity contribution in [1.29, 1.82) is 0 Å². The summed E-state index contributed by atoms with van der Waals surface area (Å²) in [6.07, 6.45) is 4.32. The number of carboxylic acid groups (broad SMARTS) is 1. The van der Waals surface area contributed by atoms with Gasteiger partial charge in [0.05, 0.1) is 31.0 Å². The molecule has 1 amide bonds. The number of amides is 1. The number of rotatable bonds is 3. The number of ether oxygens (including phenoxy) is 1. The van der Waals surface area contributed by atoms with Crippen LogP contribution in [0.1, 0.15) is 12.0 Å². The second kappa shape index (κ2) is 6.91. The van der Waals surface area contributed by atoms with Crippen molar-refractivity contribution in [2.45, 2.75) is 24.9 Å². The Morgan fingerprint density at radius 2 is 1.94 bits per heavy atom. The summed E-state index contributed by atoms with van der Waals surface area (Å²) in [7, 11) is 0. The molecule has 4 aliphatic heterocycles. The van der Waals surface area contributed by atoms with Crippen LogP contribution in [0.3, 0.4) is 0 Å². The molecule has 162 valence electrons. The highest BCUT2D eigenvalue weighted by atomic mass is 16.5. The van der Waals surface area contributed by atoms with Gasteiger partial charge in [0, 0.05) is 55.6 Å². The monoisotopic (exact) mass is 424 g/mol. The first-order valence-corrected chi connectivity index (χ1v) is 10.7. The van der Waals surface area contributed by atoms with Gasteiger partial charge in [-0.1, -0.05) is 0 Å². The average Bonchev–Trinajstić information content (AvgIpc) is 3.49. The molecule has 0 spiro atoms. The molecule has 3 N–H and O–H groups in total. The molecule has 2 aromatic heterocycles. The largest absolute Gasteiger partial charge is 0.465 e. The Morgan fingerprint density at radius 3 is 2.65 bits per heavy atom. The van der Waals surface area contributed by atoms with Crippen LogP contribution in [0.2, 0.25) is 0 Å². The van der Waals surface area contributed by atoms with E-state index in [0.29, 0.717) is 31.6 Å². The van der Waals surface area contributed by atoms with Gasteiger partial charge in [0.25, 0.3) is 0 Å². The number of carbonyl (C=O) groups is 1. The second-order valence-corrected chi connectivity index (χ2v) is 8.54. The highest BCUT2D eigenvalue weighted by molar-refractivity contribution is 5.74. The number of nitrogens with zero attached hydrogens (tertiary/aromatic N) is 7. The second-order valence-electron chi connectivity index (χ2n) is 8.54. The highest BCUT2D eigenvalue weighted by Crippen LogP contribution is 2.48. The minimum Gasteiger partial charge on any atom is -0.465 e. The Hall–Kier alpha value is -3.21. The fourth-order valence-electron chi connectivity index (χ4n) is 5.43. The maximum absolute atomic E-state index is 11.6. The van der Waals surface area contributed by atoms with Crippen LogP contribution in [-0.4, -0.2) is 87.5 Å². The summed E-state index contributed by atoms with van der Waals surface area (Å²) in [5, 5.41) is 9.53. The lowest BCUT2D eigenvalue weighted by atomic mass is 9.79. The lowest BCUT2D eigenvalue weighted by molar-refractivity contribution is 0.122. The molecule has 1 saturated carbocycles. The number of morpholine rings is 1. The molecule has 1 aliphatic carbocycles. The smallest absolute Gasteiger partial charge is 0.407 e. The van der Waals surface area contributed by atoms with Crippen molar-refractivity contribution < 1.29 is 14.6 Å². The van der Waals surface area contributed by atoms with E-state index in [4.69, 9.17) is 20.4 Å². The topological polar surface area (TPSA) is 134 Å². The van der Waals surface area contributed by atoms with Gasteiger partial charge in [-0.15, -0.1) is 0 Å². The van der Waals surface area contributed by atoms with E-state index in [2.05, 4.69) is 19.8 Å². The molecule has 0 unspecified atom stereocenters. The van der Waals surface area contributed by atoms with Gasteiger partial charge in [0.1, 0.15) is 5.82 Å². The maximum Gasteiger partial charge on any atom is 0.407 e. The molecular formula is C20H24N8O3. The molecular weight excluding hydrogens is 400 g/mol. The fraction of sp³-hybridized carbons (Fsp3) is 0.550. The van der Waals surface area contributed by atoms with E-state index in [9.17, 15) is 9.90 Å². The molecule has 6 heterocycles. The van der Waals surface area contributed by atoms with Crippen molar-refractivity contribution in [2.75, 3.05) is 54.9 Å². The summed E-state index contributed by atoms with van der Waals surface area (Å²) in [4.78, 5) is 35.9. The zero-order valence-electron chi connectivity index (χ0n) is 17.0. The van der Waals surface area contributed by atoms with E-state index in [1.165, 1.54) is 0 Å². The number of fused-ring (bicyclic) bond motifs is 2. The van der Waals surface area contributed by atoms with Crippen molar-refractivity contribution in [3.05, 3.63) is 18.0 Å². The van der Waals surface area contributed by atoms with Gasteiger partial charge in [0.2, 0.25) is 11.9 Å². The molecule has 2 bridgehead atoms. The van der Waals surface area contributed by atoms with Crippen LogP contribution in [0.25, 0.3) is 11.3 Å². The first kappa shape index (κ1) is 18.6. The van der Waals surface area contributed by atoms with Gasteiger partial charge in [0.15, 0.2) is 0 Å². The summed E-state index contributed by atoms with van der Waals surface area (Å²) < 4.78 is 5.50. The predicted molar refractivity (Wildman–Crippen MR) is 112 cm³/mol. The van der Waals surface area contributed by atoms with E-state index in [-0.39, 0.29) is 18.0 Å². The first-order chi connectivity index (χ1) is 15.1. The van der Waals surface area contributed by atoms with Gasteiger partial charge in [-0.05, 0) is 12.8 Å². The minimum absolute atomic E-state index is 0.0403. The number of nitrogen functional groups attached to an aromatic ring is 1. The highest BCUT2D eigenvalue weighted by Gasteiger charge is 2.57. The molecule has 31 heavy (non-hydrogen) atoms. The third-order valence-corrected chi connectivity index (χ3v) is 6.95. The van der Waals surface area contributed by atoms with Crippen LogP contribution in [0, 0.1) is 5.92 Å². The molecule has 11 nitrogen and oxygen atoms in total. The van der Waals surface area contributed by atoms with E-state index in [1.54, 1.807) is 17.3 Å². The number of hydrogen-bond acceptors (Lipinski definition) is 9. The maximum atomic E-state index is 11.6. The molecule has 3 saturated heterocycles. The van der Waals surface area contributed by atoms with E-state index in [1.807, 2.05) is 0 Å². The lowest BCUT2D eigenvalue weighted by Gasteiger charge is -2.43. The van der Waals surface area contributed by atoms with E-state index < -0.39 is 6.09 Å². The van der Waals surface area contributed by atoms with Crippen LogP contribution < -0.4 is 15.5 Å². The lowest BCUT2D eigenvalue weighted by Crippen LogP contribution is -2.55. The molecule has 4 fully saturated rings. The SMILES string of the molecule is Nc1ncc(-c2nc(N3CCOCC3)nc3c2CCN3[C@H]2[C@H]3C[C@@H]2N(C(=O)O)C3)cn1. The third kappa shape index (κ3) is 2.87. The van der Waals surface area contributed by atoms with Gasteiger partial charge >= 0.3 is 6.09 Å². The van der Waals surface area contributed by atoms with Crippen molar-refractivity contribution >= 4 is 23.8 Å². The van der Waals surface area contributed by atoms with Gasteiger partial charge in [-0.2, -0.15) is 4.98 Å². The first-order valence-electron chi connectivity index (χ1n) is 10.7. The van der Waals surface area contributed by atoms with E-state index in [0.717, 1.165) is 55.1 Å². The normalized spacial score (nSPS) is 26.7. The standard InChI is InChI=1S/C20H24N8O3/c21-18-22-8-12(9-23-18)15-13-1-2-27(16-11-7-14(16)28(10-11)20(29)30)17(13)25-19(24-15)26-3-5-31-6-4-26/h8-9,11,14,16H,1-7,10H2,(H,29,30)(H2,21,22,23)/t11-,14-,16-/m0/s1. The van der Waals surface area contributed by atoms with Crippen molar-refractivity contribution in [3.8, 4) is 11.3 Å². The summed E-state index contributed by atoms with van der Waals surface area (Å²) in [5.41, 5.74) is 8.40. The quantitative estimate of drug-likeness (QED) is 0.716. The Bertz CT molecular complexity index is 1030. The van der Waals surface area contributed by atoms with Crippen LogP contribution in [-0.2, 0) is 11.2 Å².